The number of halogens is 1. The Morgan fingerprint density at radius 1 is 0.622 bits per heavy atom. The van der Waals surface area contributed by atoms with Gasteiger partial charge < -0.3 is 36.6 Å². The molecule has 0 amide bonds. The third-order valence-electron chi connectivity index (χ3n) is 9.25. The highest BCUT2D eigenvalue weighted by atomic mass is 79.9. The predicted octanol–water partition coefficient (Wildman–Crippen LogP) is 3.98. The summed E-state index contributed by atoms with van der Waals surface area (Å²) in [5, 5.41) is 1.34. The standard InChI is InChI=1S/C37H63N6S.BrH/c1-8-15-26-42(27-16-23-39(9-2)10-3)32-19-21-34-36(30-32)44-37-31-33(20-22-35(37)38-34)43(28-17-24-40(11-4)12-5)29-18-25-41(13-6)14-7;/h19-22,30-31H,8-18,23-29H2,1-7H3;1H/q+1;/p-1. The molecule has 0 unspecified atom stereocenters. The molecule has 6 nitrogen and oxygen atoms in total. The summed E-state index contributed by atoms with van der Waals surface area (Å²) in [7, 11) is 0. The van der Waals surface area contributed by atoms with E-state index in [4.69, 9.17) is 4.98 Å². The molecule has 0 spiro atoms. The number of rotatable bonds is 22. The lowest BCUT2D eigenvalue weighted by molar-refractivity contribution is -0.00000949. The van der Waals surface area contributed by atoms with Gasteiger partial charge in [-0.05, 0) is 82.9 Å². The minimum Gasteiger partial charge on any atom is -1.00 e. The highest BCUT2D eigenvalue weighted by Gasteiger charge is 2.15. The molecule has 0 aromatic heterocycles. The van der Waals surface area contributed by atoms with Crippen LogP contribution in [0.2, 0.25) is 0 Å². The van der Waals surface area contributed by atoms with Crippen LogP contribution in [0.1, 0.15) is 80.6 Å². The Labute approximate surface area is 290 Å². The number of benzene rings is 2. The fourth-order valence-corrected chi connectivity index (χ4v) is 7.19. The molecule has 1 aliphatic heterocycles. The van der Waals surface area contributed by atoms with Crippen molar-refractivity contribution in [3.63, 3.8) is 0 Å². The predicted molar refractivity (Wildman–Crippen MR) is 196 cm³/mol. The van der Waals surface area contributed by atoms with Gasteiger partial charge in [-0.1, -0.05) is 54.9 Å². The van der Waals surface area contributed by atoms with Crippen molar-refractivity contribution < 1.29 is 17.0 Å². The molecule has 1 aliphatic carbocycles. The van der Waals surface area contributed by atoms with E-state index in [1.165, 1.54) is 59.3 Å². The van der Waals surface area contributed by atoms with Crippen LogP contribution in [-0.4, -0.2) is 105 Å². The van der Waals surface area contributed by atoms with Crippen LogP contribution in [0.15, 0.2) is 36.4 Å². The molecule has 0 saturated heterocycles. The summed E-state index contributed by atoms with van der Waals surface area (Å²) in [6.07, 6.45) is 6.03. The van der Waals surface area contributed by atoms with E-state index in [0.717, 1.165) is 89.7 Å². The normalized spacial score (nSPS) is 11.7. The SMILES string of the molecule is CCCCN(CCCN(CC)CC)c1ccc2nc3ccc(=[N+](CCCN(CC)CC)CCCN(CC)CC)cc-3sc2c1.[Br-]. The summed E-state index contributed by atoms with van der Waals surface area (Å²) in [6, 6.07) is 13.9. The smallest absolute Gasteiger partial charge is 0.201 e. The lowest BCUT2D eigenvalue weighted by atomic mass is 10.2. The van der Waals surface area contributed by atoms with Crippen LogP contribution in [0.25, 0.3) is 20.8 Å². The van der Waals surface area contributed by atoms with Crippen LogP contribution >= 0.6 is 11.3 Å². The van der Waals surface area contributed by atoms with Gasteiger partial charge in [0.1, 0.15) is 13.1 Å². The van der Waals surface area contributed by atoms with Crippen LogP contribution in [-0.2, 0) is 0 Å². The molecule has 0 N–H and O–H groups in total. The van der Waals surface area contributed by atoms with E-state index < -0.39 is 0 Å². The van der Waals surface area contributed by atoms with Crippen molar-refractivity contribution in [3.05, 3.63) is 41.8 Å². The van der Waals surface area contributed by atoms with E-state index in [2.05, 4.69) is 109 Å². The van der Waals surface area contributed by atoms with Gasteiger partial charge in [-0.3, -0.25) is 0 Å². The summed E-state index contributed by atoms with van der Waals surface area (Å²) >= 11 is 1.91. The maximum Gasteiger partial charge on any atom is 0.201 e. The molecule has 8 heteroatoms. The molecule has 0 atom stereocenters. The van der Waals surface area contributed by atoms with Crippen molar-refractivity contribution in [2.45, 2.75) is 80.6 Å². The largest absolute Gasteiger partial charge is 1.00 e. The molecule has 1 aromatic rings. The summed E-state index contributed by atoms with van der Waals surface area (Å²) in [4.78, 5) is 16.6. The van der Waals surface area contributed by atoms with Crippen molar-refractivity contribution in [3.8, 4) is 10.6 Å². The first-order valence-corrected chi connectivity index (χ1v) is 18.7. The molecule has 3 rings (SSSR count). The first-order valence-electron chi connectivity index (χ1n) is 17.8. The molecule has 0 saturated carbocycles. The highest BCUT2D eigenvalue weighted by Crippen LogP contribution is 2.32. The minimum atomic E-state index is 0. The number of nitrogens with zero attached hydrogens (tertiary/aromatic N) is 6. The highest BCUT2D eigenvalue weighted by molar-refractivity contribution is 7.21. The van der Waals surface area contributed by atoms with Crippen LogP contribution in [0, 0.1) is 0 Å². The van der Waals surface area contributed by atoms with E-state index in [9.17, 15) is 0 Å². The van der Waals surface area contributed by atoms with Gasteiger partial charge in [-0.15, -0.1) is 11.3 Å². The van der Waals surface area contributed by atoms with Crippen LogP contribution < -0.4 is 31.8 Å². The van der Waals surface area contributed by atoms with E-state index >= 15 is 0 Å². The monoisotopic (exact) mass is 702 g/mol. The molecule has 0 fully saturated rings. The third kappa shape index (κ3) is 12.5. The fourth-order valence-electron chi connectivity index (χ4n) is 6.16. The first-order chi connectivity index (χ1) is 21.5. The third-order valence-corrected chi connectivity index (χ3v) is 10.3. The number of unbranched alkanes of at least 4 members (excludes halogenated alkanes) is 1. The Morgan fingerprint density at radius 2 is 1.18 bits per heavy atom. The van der Waals surface area contributed by atoms with Gasteiger partial charge >= 0.3 is 0 Å². The summed E-state index contributed by atoms with van der Waals surface area (Å²) in [5.41, 5.74) is 3.55. The molecule has 2 aliphatic rings. The number of hydrogen-bond donors (Lipinski definition) is 0. The molecule has 0 bridgehead atoms. The second-order valence-electron chi connectivity index (χ2n) is 12.0. The van der Waals surface area contributed by atoms with Gasteiger partial charge in [0.25, 0.3) is 0 Å². The van der Waals surface area contributed by atoms with Crippen molar-refractivity contribution in [1.29, 1.82) is 0 Å². The van der Waals surface area contributed by atoms with Crippen molar-refractivity contribution in [2.24, 2.45) is 0 Å². The summed E-state index contributed by atoms with van der Waals surface area (Å²) in [6.45, 7) is 30.6. The van der Waals surface area contributed by atoms with Crippen molar-refractivity contribution >= 4 is 27.2 Å². The lowest BCUT2D eigenvalue weighted by Crippen LogP contribution is -3.00. The van der Waals surface area contributed by atoms with Crippen LogP contribution in [0.4, 0.5) is 5.69 Å². The Morgan fingerprint density at radius 3 is 1.73 bits per heavy atom. The summed E-state index contributed by atoms with van der Waals surface area (Å²) in [5.74, 6) is 0. The Bertz CT molecular complexity index is 1230. The van der Waals surface area contributed by atoms with E-state index in [1.54, 1.807) is 0 Å². The molecule has 45 heavy (non-hydrogen) atoms. The maximum atomic E-state index is 5.12. The van der Waals surface area contributed by atoms with Gasteiger partial charge in [0.2, 0.25) is 5.36 Å². The Balaban J connectivity index is 0.00000705. The van der Waals surface area contributed by atoms with Gasteiger partial charge in [0, 0.05) is 56.8 Å². The van der Waals surface area contributed by atoms with Crippen molar-refractivity contribution in [1.82, 2.24) is 24.3 Å². The van der Waals surface area contributed by atoms with Gasteiger partial charge in [-0.25, -0.2) is 9.56 Å². The Hall–Kier alpha value is -1.58. The summed E-state index contributed by atoms with van der Waals surface area (Å²) < 4.78 is 3.91. The first kappa shape index (κ1) is 39.6. The topological polar surface area (TPSA) is 28.9 Å². The number of hydrogen-bond acceptors (Lipinski definition) is 6. The molecular formula is C37H63BrN6S. The van der Waals surface area contributed by atoms with E-state index in [0.29, 0.717) is 0 Å². The Kier molecular flexibility index (Phi) is 19.4. The molecular weight excluding hydrogens is 640 g/mol. The molecule has 254 valence electrons. The van der Waals surface area contributed by atoms with Crippen LogP contribution in [0.5, 0.6) is 0 Å². The van der Waals surface area contributed by atoms with E-state index in [1.807, 2.05) is 11.3 Å². The molecule has 1 heterocycles. The quantitative estimate of drug-likeness (QED) is 0.117. The van der Waals surface area contributed by atoms with E-state index in [-0.39, 0.29) is 17.0 Å². The van der Waals surface area contributed by atoms with Crippen LogP contribution in [0.3, 0.4) is 0 Å². The van der Waals surface area contributed by atoms with Gasteiger partial charge in [0.15, 0.2) is 0 Å². The number of fused-ring (bicyclic) bond motifs is 2. The zero-order valence-electron chi connectivity index (χ0n) is 29.7. The average Bonchev–Trinajstić information content (AvgIpc) is 3.06. The zero-order chi connectivity index (χ0) is 31.7. The van der Waals surface area contributed by atoms with Gasteiger partial charge in [-0.2, -0.15) is 0 Å². The molecule has 1 aromatic carbocycles. The second-order valence-corrected chi connectivity index (χ2v) is 13.1. The second kappa shape index (κ2) is 22.1. The number of aromatic nitrogens is 1. The fraction of sp³-hybridized carbons (Fsp3) is 0.676. The number of anilines is 1. The lowest BCUT2D eigenvalue weighted by Gasteiger charge is -2.27. The molecule has 0 radical (unpaired) electrons. The maximum absolute atomic E-state index is 5.12. The average molecular weight is 704 g/mol. The van der Waals surface area contributed by atoms with Gasteiger partial charge in [0.05, 0.1) is 20.8 Å². The van der Waals surface area contributed by atoms with Crippen molar-refractivity contribution in [2.75, 3.05) is 90.0 Å². The minimum absolute atomic E-state index is 0. The zero-order valence-corrected chi connectivity index (χ0v) is 32.1.